The third kappa shape index (κ3) is 4.96. The molecule has 0 bridgehead atoms. The predicted molar refractivity (Wildman–Crippen MR) is 163 cm³/mol. The fourth-order valence-electron chi connectivity index (χ4n) is 5.11. The largest absolute Gasteiger partial charge is 0.322 e. The van der Waals surface area contributed by atoms with E-state index in [9.17, 15) is 9.59 Å². The quantitative estimate of drug-likeness (QED) is 0.306. The van der Waals surface area contributed by atoms with Gasteiger partial charge in [-0.2, -0.15) is 5.10 Å². The van der Waals surface area contributed by atoms with E-state index in [-0.39, 0.29) is 11.5 Å². The number of rotatable bonds is 5. The summed E-state index contributed by atoms with van der Waals surface area (Å²) in [6.45, 7) is 5.72. The van der Waals surface area contributed by atoms with Gasteiger partial charge < -0.3 is 5.32 Å². The van der Waals surface area contributed by atoms with Crippen LogP contribution in [0.15, 0.2) is 106 Å². The summed E-state index contributed by atoms with van der Waals surface area (Å²) in [6, 6.07) is 25.7. The summed E-state index contributed by atoms with van der Waals surface area (Å²) >= 11 is 7.50. The van der Waals surface area contributed by atoms with Gasteiger partial charge in [0.05, 0.1) is 33.2 Å². The zero-order valence-electron chi connectivity index (χ0n) is 22.6. The summed E-state index contributed by atoms with van der Waals surface area (Å²) in [5.41, 5.74) is 5.71. The van der Waals surface area contributed by atoms with E-state index >= 15 is 0 Å². The van der Waals surface area contributed by atoms with Crippen LogP contribution in [-0.4, -0.2) is 20.3 Å². The molecule has 1 amide bonds. The van der Waals surface area contributed by atoms with E-state index < -0.39 is 6.04 Å². The number of allylic oxidation sites excluding steroid dienone is 1. The van der Waals surface area contributed by atoms with E-state index in [2.05, 4.69) is 5.32 Å². The minimum Gasteiger partial charge on any atom is -0.322 e. The molecule has 1 atom stereocenters. The lowest BCUT2D eigenvalue weighted by Crippen LogP contribution is -2.40. The Hall–Kier alpha value is -4.53. The van der Waals surface area contributed by atoms with Crippen LogP contribution >= 0.6 is 22.9 Å². The molecule has 0 aliphatic carbocycles. The van der Waals surface area contributed by atoms with Gasteiger partial charge in [0.2, 0.25) is 0 Å². The highest BCUT2D eigenvalue weighted by Crippen LogP contribution is 2.31. The molecular formula is C32H26ClN5O2S. The molecule has 3 aromatic carbocycles. The van der Waals surface area contributed by atoms with Gasteiger partial charge in [0, 0.05) is 22.0 Å². The van der Waals surface area contributed by atoms with Crippen LogP contribution in [0.1, 0.15) is 35.5 Å². The summed E-state index contributed by atoms with van der Waals surface area (Å²) in [7, 11) is 0. The highest BCUT2D eigenvalue weighted by atomic mass is 35.5. The monoisotopic (exact) mass is 579 g/mol. The number of halogens is 1. The number of benzene rings is 3. The van der Waals surface area contributed by atoms with Crippen molar-refractivity contribution >= 4 is 40.6 Å². The molecule has 41 heavy (non-hydrogen) atoms. The van der Waals surface area contributed by atoms with Crippen molar-refractivity contribution in [2.45, 2.75) is 26.8 Å². The summed E-state index contributed by atoms with van der Waals surface area (Å²) in [5, 5.41) is 8.27. The third-order valence-corrected chi connectivity index (χ3v) is 8.34. The fraction of sp³-hybridized carbons (Fsp3) is 0.125. The van der Waals surface area contributed by atoms with Gasteiger partial charge in [0.25, 0.3) is 11.5 Å². The Morgan fingerprint density at radius 3 is 2.29 bits per heavy atom. The van der Waals surface area contributed by atoms with Crippen LogP contribution in [0, 0.1) is 13.8 Å². The van der Waals surface area contributed by atoms with Crippen LogP contribution in [0.3, 0.4) is 0 Å². The maximum Gasteiger partial charge on any atom is 0.271 e. The molecule has 1 unspecified atom stereocenters. The number of fused-ring (bicyclic) bond motifs is 1. The van der Waals surface area contributed by atoms with Crippen LogP contribution in [0.5, 0.6) is 0 Å². The summed E-state index contributed by atoms with van der Waals surface area (Å²) in [6.07, 6.45) is 1.88. The Morgan fingerprint density at radius 1 is 0.951 bits per heavy atom. The van der Waals surface area contributed by atoms with Crippen LogP contribution in [0.2, 0.25) is 5.02 Å². The molecule has 9 heteroatoms. The van der Waals surface area contributed by atoms with Crippen molar-refractivity contribution in [2.24, 2.45) is 4.99 Å². The molecule has 6 rings (SSSR count). The minimum atomic E-state index is -0.677. The lowest BCUT2D eigenvalue weighted by Gasteiger charge is -2.25. The average molecular weight is 580 g/mol. The zero-order valence-corrected chi connectivity index (χ0v) is 24.2. The second-order valence-electron chi connectivity index (χ2n) is 9.79. The van der Waals surface area contributed by atoms with Crippen molar-refractivity contribution in [1.82, 2.24) is 14.3 Å². The standard InChI is InChI=1S/C32H26ClN5O2S/c1-19-26(21(3)38(36-19)25-12-8-5-9-13-25)18-27-31(40)37-29(22-14-16-23(33)17-15-22)28(20(2)34-32(37)41-27)30(39)35-24-10-6-4-7-11-24/h4-18,29H,1-3H3,(H,35,39). The van der Waals surface area contributed by atoms with E-state index in [1.165, 1.54) is 11.3 Å². The molecule has 3 heterocycles. The Balaban J connectivity index is 1.50. The number of hydrogen-bond acceptors (Lipinski definition) is 5. The van der Waals surface area contributed by atoms with Gasteiger partial charge in [0.1, 0.15) is 0 Å². The number of para-hydroxylation sites is 2. The van der Waals surface area contributed by atoms with Crippen molar-refractivity contribution < 1.29 is 4.79 Å². The number of carbonyl (C=O) groups is 1. The smallest absolute Gasteiger partial charge is 0.271 e. The molecule has 0 fully saturated rings. The average Bonchev–Trinajstić information content (AvgIpc) is 3.43. The molecule has 0 saturated heterocycles. The zero-order chi connectivity index (χ0) is 28.7. The molecule has 7 nitrogen and oxygen atoms in total. The second kappa shape index (κ2) is 10.8. The van der Waals surface area contributed by atoms with E-state index in [1.54, 1.807) is 23.6 Å². The van der Waals surface area contributed by atoms with Crippen LogP contribution in [0.25, 0.3) is 11.8 Å². The van der Waals surface area contributed by atoms with E-state index in [0.717, 1.165) is 28.2 Å². The van der Waals surface area contributed by atoms with Crippen molar-refractivity contribution in [1.29, 1.82) is 0 Å². The number of aromatic nitrogens is 3. The van der Waals surface area contributed by atoms with E-state index in [4.69, 9.17) is 21.7 Å². The lowest BCUT2D eigenvalue weighted by molar-refractivity contribution is -0.113. The Morgan fingerprint density at radius 2 is 1.61 bits per heavy atom. The Kier molecular flexibility index (Phi) is 7.03. The SMILES string of the molecule is CC1=C(C(=O)Nc2ccccc2)C(c2ccc(Cl)cc2)n2c(sc(=Cc3c(C)nn(-c4ccccc4)c3C)c2=O)=N1. The molecule has 5 aromatic rings. The first-order chi connectivity index (χ1) is 19.8. The van der Waals surface area contributed by atoms with E-state index in [0.29, 0.717) is 31.3 Å². The molecule has 0 saturated carbocycles. The van der Waals surface area contributed by atoms with Crippen LogP contribution in [0.4, 0.5) is 5.69 Å². The molecule has 0 spiro atoms. The highest BCUT2D eigenvalue weighted by molar-refractivity contribution is 7.07. The van der Waals surface area contributed by atoms with E-state index in [1.807, 2.05) is 97.4 Å². The highest BCUT2D eigenvalue weighted by Gasteiger charge is 2.32. The van der Waals surface area contributed by atoms with Gasteiger partial charge in [0.15, 0.2) is 4.80 Å². The minimum absolute atomic E-state index is 0.225. The summed E-state index contributed by atoms with van der Waals surface area (Å²) in [5.74, 6) is -0.317. The molecule has 2 aromatic heterocycles. The topological polar surface area (TPSA) is 81.3 Å². The Labute approximate surface area is 245 Å². The molecule has 204 valence electrons. The predicted octanol–water partition coefficient (Wildman–Crippen LogP) is 5.33. The number of amides is 1. The normalized spacial score (nSPS) is 15.0. The number of thiazole rings is 1. The molecular weight excluding hydrogens is 554 g/mol. The summed E-state index contributed by atoms with van der Waals surface area (Å²) < 4.78 is 4.00. The van der Waals surface area contributed by atoms with Crippen molar-refractivity contribution in [3.8, 4) is 5.69 Å². The number of nitrogens with one attached hydrogen (secondary N) is 1. The molecule has 1 N–H and O–H groups in total. The number of nitrogens with zero attached hydrogens (tertiary/aromatic N) is 4. The van der Waals surface area contributed by atoms with Crippen LogP contribution in [-0.2, 0) is 4.79 Å². The van der Waals surface area contributed by atoms with Gasteiger partial charge >= 0.3 is 0 Å². The number of aryl methyl sites for hydroxylation is 1. The van der Waals surface area contributed by atoms with Gasteiger partial charge in [-0.25, -0.2) is 9.67 Å². The fourth-order valence-corrected chi connectivity index (χ4v) is 6.26. The first-order valence-corrected chi connectivity index (χ1v) is 14.3. The first kappa shape index (κ1) is 26.7. The first-order valence-electron chi connectivity index (χ1n) is 13.1. The summed E-state index contributed by atoms with van der Waals surface area (Å²) in [4.78, 5) is 33.0. The van der Waals surface area contributed by atoms with Crippen LogP contribution < -0.4 is 20.2 Å². The number of anilines is 1. The molecule has 1 aliphatic heterocycles. The second-order valence-corrected chi connectivity index (χ2v) is 11.2. The van der Waals surface area contributed by atoms with Crippen molar-refractivity contribution in [3.63, 3.8) is 0 Å². The van der Waals surface area contributed by atoms with Gasteiger partial charge in [-0.05, 0) is 68.8 Å². The number of hydrogen-bond donors (Lipinski definition) is 1. The third-order valence-electron chi connectivity index (χ3n) is 7.11. The maximum absolute atomic E-state index is 14.1. The van der Waals surface area contributed by atoms with Gasteiger partial charge in [-0.15, -0.1) is 0 Å². The van der Waals surface area contributed by atoms with Gasteiger partial charge in [-0.3, -0.25) is 14.2 Å². The van der Waals surface area contributed by atoms with Crippen molar-refractivity contribution in [3.05, 3.63) is 143 Å². The molecule has 1 aliphatic rings. The lowest BCUT2D eigenvalue weighted by atomic mass is 9.95. The maximum atomic E-state index is 14.1. The van der Waals surface area contributed by atoms with Gasteiger partial charge in [-0.1, -0.05) is 71.5 Å². The van der Waals surface area contributed by atoms with Crippen molar-refractivity contribution in [2.75, 3.05) is 5.32 Å². The number of carbonyl (C=O) groups excluding carboxylic acids is 1. The molecule has 0 radical (unpaired) electrons. The Bertz CT molecular complexity index is 1990.